The van der Waals surface area contributed by atoms with Gasteiger partial charge in [-0.3, -0.25) is 14.8 Å². The Labute approximate surface area is 226 Å². The van der Waals surface area contributed by atoms with Crippen molar-refractivity contribution in [1.29, 1.82) is 0 Å². The Morgan fingerprint density at radius 2 is 1.95 bits per heavy atom. The van der Waals surface area contributed by atoms with Crippen LogP contribution in [-0.2, 0) is 16.0 Å². The van der Waals surface area contributed by atoms with Gasteiger partial charge in [0, 0.05) is 29.6 Å². The third-order valence-corrected chi connectivity index (χ3v) is 7.21. The predicted octanol–water partition coefficient (Wildman–Crippen LogP) is 3.15. The van der Waals surface area contributed by atoms with Crippen molar-refractivity contribution in [3.63, 3.8) is 0 Å². The molecular weight excluding hydrogens is 497 g/mol. The molecule has 8 nitrogen and oxygen atoms in total. The minimum absolute atomic E-state index is 0.00139. The number of nitrogens with zero attached hydrogens (tertiary/aromatic N) is 2. The SMILES string of the molecule is N[C@@H](C(=O)Nc1cncc(F)c1CC[C@@H]1CN[C@H](CO)CO1)[C@@H](c1ccccc1)c1ccnc2ccccc12. The molecule has 2 aromatic carbocycles. The molecule has 9 heteroatoms. The first-order valence-electron chi connectivity index (χ1n) is 13.1. The van der Waals surface area contributed by atoms with Gasteiger partial charge < -0.3 is 26.2 Å². The van der Waals surface area contributed by atoms with E-state index in [-0.39, 0.29) is 18.8 Å². The van der Waals surface area contributed by atoms with E-state index in [1.807, 2.05) is 60.7 Å². The number of hydrogen-bond donors (Lipinski definition) is 4. The fourth-order valence-corrected chi connectivity index (χ4v) is 5.10. The van der Waals surface area contributed by atoms with Crippen molar-refractivity contribution in [2.24, 2.45) is 5.73 Å². The summed E-state index contributed by atoms with van der Waals surface area (Å²) >= 11 is 0. The summed E-state index contributed by atoms with van der Waals surface area (Å²) in [7, 11) is 0. The first-order valence-corrected chi connectivity index (χ1v) is 13.1. The first kappa shape index (κ1) is 26.8. The molecule has 1 aliphatic rings. The van der Waals surface area contributed by atoms with Crippen LogP contribution in [0.25, 0.3) is 10.9 Å². The maximum absolute atomic E-state index is 14.9. The zero-order valence-electron chi connectivity index (χ0n) is 21.5. The van der Waals surface area contributed by atoms with Crippen molar-refractivity contribution >= 4 is 22.5 Å². The summed E-state index contributed by atoms with van der Waals surface area (Å²) in [4.78, 5) is 22.0. The number of hydrogen-bond acceptors (Lipinski definition) is 7. The molecular formula is C30H32FN5O3. The third-order valence-electron chi connectivity index (χ3n) is 7.21. The highest BCUT2D eigenvalue weighted by atomic mass is 19.1. The number of rotatable bonds is 9. The Morgan fingerprint density at radius 3 is 2.72 bits per heavy atom. The molecule has 1 aliphatic heterocycles. The van der Waals surface area contributed by atoms with E-state index in [9.17, 15) is 14.3 Å². The van der Waals surface area contributed by atoms with Gasteiger partial charge in [-0.25, -0.2) is 4.39 Å². The maximum atomic E-state index is 14.9. The molecule has 0 spiro atoms. The van der Waals surface area contributed by atoms with Crippen molar-refractivity contribution in [3.05, 3.63) is 102 Å². The smallest absolute Gasteiger partial charge is 0.242 e. The highest BCUT2D eigenvalue weighted by Gasteiger charge is 2.30. The van der Waals surface area contributed by atoms with E-state index in [4.69, 9.17) is 10.5 Å². The van der Waals surface area contributed by atoms with Crippen LogP contribution in [0.1, 0.15) is 29.0 Å². The lowest BCUT2D eigenvalue weighted by atomic mass is 9.83. The number of aliphatic hydroxyl groups is 1. The van der Waals surface area contributed by atoms with Crippen molar-refractivity contribution < 1.29 is 19.0 Å². The molecule has 1 fully saturated rings. The Kier molecular flexibility index (Phi) is 8.53. The molecule has 3 heterocycles. The highest BCUT2D eigenvalue weighted by Crippen LogP contribution is 2.33. The van der Waals surface area contributed by atoms with Crippen LogP contribution < -0.4 is 16.4 Å². The molecule has 2 aromatic heterocycles. The largest absolute Gasteiger partial charge is 0.395 e. The van der Waals surface area contributed by atoms with Crippen LogP contribution in [0.5, 0.6) is 0 Å². The van der Waals surface area contributed by atoms with Crippen LogP contribution in [0.2, 0.25) is 0 Å². The van der Waals surface area contributed by atoms with E-state index in [1.165, 1.54) is 6.20 Å². The van der Waals surface area contributed by atoms with E-state index >= 15 is 0 Å². The molecule has 1 saturated heterocycles. The maximum Gasteiger partial charge on any atom is 0.242 e. The lowest BCUT2D eigenvalue weighted by molar-refractivity contribution is -0.117. The fraction of sp³-hybridized carbons (Fsp3) is 0.300. The standard InChI is InChI=1S/C30H32FN5O3/c31-25-15-33-16-27(24(25)11-10-21-14-35-20(17-37)18-39-21)36-30(38)29(32)28(19-6-2-1-3-7-19)23-12-13-34-26-9-5-4-8-22(23)26/h1-9,12-13,15-16,20-21,28-29,35,37H,10-11,14,17-18,32H2,(H,36,38)/t20-,21-,28+,29-/m1/s1. The van der Waals surface area contributed by atoms with Gasteiger partial charge in [0.1, 0.15) is 5.82 Å². The summed E-state index contributed by atoms with van der Waals surface area (Å²) in [6.45, 7) is 0.952. The van der Waals surface area contributed by atoms with Crippen LogP contribution in [0.15, 0.2) is 79.3 Å². The molecule has 0 radical (unpaired) electrons. The second kappa shape index (κ2) is 12.4. The van der Waals surface area contributed by atoms with Gasteiger partial charge in [0.15, 0.2) is 0 Å². The minimum Gasteiger partial charge on any atom is -0.395 e. The number of anilines is 1. The number of carbonyl (C=O) groups excluding carboxylic acids is 1. The number of fused-ring (bicyclic) bond motifs is 1. The molecule has 5 rings (SSSR count). The summed E-state index contributed by atoms with van der Waals surface area (Å²) in [5.74, 6) is -1.41. The predicted molar refractivity (Wildman–Crippen MR) is 148 cm³/mol. The number of benzene rings is 2. The van der Waals surface area contributed by atoms with Crippen molar-refractivity contribution in [2.45, 2.75) is 36.9 Å². The van der Waals surface area contributed by atoms with E-state index in [0.717, 1.165) is 28.2 Å². The van der Waals surface area contributed by atoms with Crippen LogP contribution in [0, 0.1) is 5.82 Å². The highest BCUT2D eigenvalue weighted by molar-refractivity contribution is 5.97. The summed E-state index contributed by atoms with van der Waals surface area (Å²) < 4.78 is 20.7. The molecule has 4 atom stereocenters. The van der Waals surface area contributed by atoms with E-state index in [2.05, 4.69) is 20.6 Å². The molecule has 202 valence electrons. The van der Waals surface area contributed by atoms with Crippen LogP contribution in [0.4, 0.5) is 10.1 Å². The van der Waals surface area contributed by atoms with Crippen molar-refractivity contribution in [2.75, 3.05) is 25.1 Å². The number of carbonyl (C=O) groups is 1. The number of ether oxygens (including phenoxy) is 1. The number of aromatic nitrogens is 2. The number of aliphatic hydroxyl groups excluding tert-OH is 1. The fourth-order valence-electron chi connectivity index (χ4n) is 5.10. The van der Waals surface area contributed by atoms with Crippen LogP contribution in [0.3, 0.4) is 0 Å². The Morgan fingerprint density at radius 1 is 1.15 bits per heavy atom. The minimum atomic E-state index is -0.976. The number of para-hydroxylation sites is 1. The number of morpholine rings is 1. The van der Waals surface area contributed by atoms with Gasteiger partial charge in [-0.1, -0.05) is 48.5 Å². The van der Waals surface area contributed by atoms with Crippen molar-refractivity contribution in [1.82, 2.24) is 15.3 Å². The normalized spacial score (nSPS) is 18.9. The second-order valence-electron chi connectivity index (χ2n) is 9.75. The second-order valence-corrected chi connectivity index (χ2v) is 9.75. The lowest BCUT2D eigenvalue weighted by Crippen LogP contribution is -2.48. The van der Waals surface area contributed by atoms with Crippen LogP contribution >= 0.6 is 0 Å². The molecule has 0 unspecified atom stereocenters. The summed E-state index contributed by atoms with van der Waals surface area (Å²) in [6.07, 6.45) is 5.06. The van der Waals surface area contributed by atoms with E-state index in [1.54, 1.807) is 6.20 Å². The van der Waals surface area contributed by atoms with E-state index in [0.29, 0.717) is 37.2 Å². The average molecular weight is 530 g/mol. The topological polar surface area (TPSA) is 122 Å². The zero-order chi connectivity index (χ0) is 27.2. The van der Waals surface area contributed by atoms with Gasteiger partial charge in [0.25, 0.3) is 0 Å². The van der Waals surface area contributed by atoms with Crippen molar-refractivity contribution in [3.8, 4) is 0 Å². The third kappa shape index (κ3) is 6.12. The summed E-state index contributed by atoms with van der Waals surface area (Å²) in [5, 5.41) is 16.2. The number of nitrogens with two attached hydrogens (primary N) is 1. The van der Waals surface area contributed by atoms with Gasteiger partial charge in [-0.2, -0.15) is 0 Å². The number of amides is 1. The van der Waals surface area contributed by atoms with Gasteiger partial charge in [0.05, 0.1) is 55.0 Å². The molecule has 0 saturated carbocycles. The number of nitrogens with one attached hydrogen (secondary N) is 2. The monoisotopic (exact) mass is 529 g/mol. The Hall–Kier alpha value is -3.76. The van der Waals surface area contributed by atoms with Gasteiger partial charge >= 0.3 is 0 Å². The molecule has 1 amide bonds. The molecule has 39 heavy (non-hydrogen) atoms. The zero-order valence-corrected chi connectivity index (χ0v) is 21.5. The molecule has 0 aliphatic carbocycles. The number of pyridine rings is 2. The lowest BCUT2D eigenvalue weighted by Gasteiger charge is -2.29. The Bertz CT molecular complexity index is 1410. The summed E-state index contributed by atoms with van der Waals surface area (Å²) in [6, 6.07) is 18.2. The molecule has 4 aromatic rings. The molecule has 0 bridgehead atoms. The Balaban J connectivity index is 1.39. The average Bonchev–Trinajstić information content (AvgIpc) is 2.98. The number of halogens is 1. The van der Waals surface area contributed by atoms with Crippen LogP contribution in [-0.4, -0.2) is 58.9 Å². The van der Waals surface area contributed by atoms with Gasteiger partial charge in [-0.15, -0.1) is 0 Å². The summed E-state index contributed by atoms with van der Waals surface area (Å²) in [5.41, 5.74) is 9.90. The molecule has 5 N–H and O–H groups in total. The quantitative estimate of drug-likeness (QED) is 0.263. The first-order chi connectivity index (χ1) is 19.0. The van der Waals surface area contributed by atoms with Gasteiger partial charge in [0.2, 0.25) is 5.91 Å². The van der Waals surface area contributed by atoms with E-state index < -0.39 is 23.7 Å². The van der Waals surface area contributed by atoms with Gasteiger partial charge in [-0.05, 0) is 36.1 Å².